The predicted octanol–water partition coefficient (Wildman–Crippen LogP) is 0.785. The minimum Gasteiger partial charge on any atom is -0.258 e. The first kappa shape index (κ1) is 12.2. The molecule has 1 rings (SSSR count). The van der Waals surface area contributed by atoms with Gasteiger partial charge < -0.3 is 0 Å². The zero-order valence-corrected chi connectivity index (χ0v) is 9.80. The van der Waals surface area contributed by atoms with Gasteiger partial charge in [-0.25, -0.2) is 4.98 Å². The maximum absolute atomic E-state index is 11.4. The molecule has 0 saturated carbocycles. The van der Waals surface area contributed by atoms with Crippen LogP contribution >= 0.6 is 11.6 Å². The highest BCUT2D eigenvalue weighted by atomic mass is 35.5. The molecular formula is C7H11ClN4O2S. The number of nitrogens with zero attached hydrogens (tertiary/aromatic N) is 2. The number of hydrogen-bond donors (Lipinski definition) is 2. The van der Waals surface area contributed by atoms with E-state index in [1.54, 1.807) is 13.8 Å². The van der Waals surface area contributed by atoms with Gasteiger partial charge in [0.25, 0.3) is 0 Å². The summed E-state index contributed by atoms with van der Waals surface area (Å²) in [6, 6.07) is -0.199. The van der Waals surface area contributed by atoms with Crippen molar-refractivity contribution in [3.8, 4) is 0 Å². The van der Waals surface area contributed by atoms with E-state index in [-0.39, 0.29) is 17.0 Å². The molecule has 2 N–H and O–H groups in total. The summed E-state index contributed by atoms with van der Waals surface area (Å²) >= 11 is 5.55. The largest absolute Gasteiger partial charge is 0.300 e. The minimum atomic E-state index is -3.61. The normalized spacial score (nSPS) is 11.7. The van der Waals surface area contributed by atoms with E-state index in [4.69, 9.17) is 11.6 Å². The lowest BCUT2D eigenvalue weighted by atomic mass is 10.4. The Hall–Kier alpha value is -0.920. The van der Waals surface area contributed by atoms with Crippen molar-refractivity contribution in [1.29, 1.82) is 0 Å². The number of nitrogens with one attached hydrogen (secondary N) is 2. The van der Waals surface area contributed by atoms with Crippen molar-refractivity contribution in [3.63, 3.8) is 0 Å². The van der Waals surface area contributed by atoms with Crippen LogP contribution in [-0.2, 0) is 10.2 Å². The predicted molar refractivity (Wildman–Crippen MR) is 57.9 cm³/mol. The average Bonchev–Trinajstić information content (AvgIpc) is 1.99. The van der Waals surface area contributed by atoms with Crippen LogP contribution in [0.5, 0.6) is 0 Å². The Balaban J connectivity index is 2.78. The zero-order chi connectivity index (χ0) is 11.5. The first-order valence-electron chi connectivity index (χ1n) is 4.16. The topological polar surface area (TPSA) is 84.0 Å². The summed E-state index contributed by atoms with van der Waals surface area (Å²) in [5.41, 5.74) is 0. The highest BCUT2D eigenvalue weighted by Gasteiger charge is 2.12. The van der Waals surface area contributed by atoms with E-state index < -0.39 is 10.2 Å². The van der Waals surface area contributed by atoms with Crippen molar-refractivity contribution in [3.05, 3.63) is 17.5 Å². The number of halogens is 1. The third-order valence-electron chi connectivity index (χ3n) is 1.23. The van der Waals surface area contributed by atoms with Crippen LogP contribution in [-0.4, -0.2) is 24.4 Å². The highest BCUT2D eigenvalue weighted by molar-refractivity contribution is 7.90. The minimum absolute atomic E-state index is 0.0793. The van der Waals surface area contributed by atoms with Crippen molar-refractivity contribution < 1.29 is 8.42 Å². The van der Waals surface area contributed by atoms with Gasteiger partial charge in [0.05, 0.1) is 12.4 Å². The molecule has 0 atom stereocenters. The van der Waals surface area contributed by atoms with Gasteiger partial charge in [-0.2, -0.15) is 13.1 Å². The van der Waals surface area contributed by atoms with Gasteiger partial charge in [-0.15, -0.1) is 0 Å². The van der Waals surface area contributed by atoms with Gasteiger partial charge in [-0.3, -0.25) is 9.71 Å². The molecule has 0 aromatic carbocycles. The Morgan fingerprint density at radius 1 is 1.40 bits per heavy atom. The molecule has 0 bridgehead atoms. The Labute approximate surface area is 93.3 Å². The number of aromatic nitrogens is 2. The van der Waals surface area contributed by atoms with Crippen molar-refractivity contribution in [1.82, 2.24) is 14.7 Å². The molecule has 0 unspecified atom stereocenters. The quantitative estimate of drug-likeness (QED) is 0.827. The molecule has 0 aliphatic rings. The van der Waals surface area contributed by atoms with Gasteiger partial charge in [0, 0.05) is 6.04 Å². The Morgan fingerprint density at radius 2 is 2.07 bits per heavy atom. The molecule has 8 heteroatoms. The lowest BCUT2D eigenvalue weighted by Gasteiger charge is -2.10. The summed E-state index contributed by atoms with van der Waals surface area (Å²) in [6.07, 6.45) is 2.58. The first-order valence-corrected chi connectivity index (χ1v) is 6.03. The smallest absolute Gasteiger partial charge is 0.258 e. The van der Waals surface area contributed by atoms with E-state index in [1.807, 2.05) is 0 Å². The lowest BCUT2D eigenvalue weighted by Crippen LogP contribution is -2.35. The van der Waals surface area contributed by atoms with Crippen molar-refractivity contribution in [2.45, 2.75) is 19.9 Å². The van der Waals surface area contributed by atoms with Gasteiger partial charge in [-0.05, 0) is 13.8 Å². The summed E-state index contributed by atoms with van der Waals surface area (Å²) in [7, 11) is -3.61. The molecule has 1 heterocycles. The maximum Gasteiger partial charge on any atom is 0.300 e. The zero-order valence-electron chi connectivity index (χ0n) is 8.23. The van der Waals surface area contributed by atoms with Crippen molar-refractivity contribution in [2.24, 2.45) is 0 Å². The molecule has 0 aliphatic carbocycles. The van der Waals surface area contributed by atoms with E-state index in [0.717, 1.165) is 0 Å². The second-order valence-electron chi connectivity index (χ2n) is 3.11. The van der Waals surface area contributed by atoms with Crippen LogP contribution in [0.4, 0.5) is 5.82 Å². The standard InChI is InChI=1S/C7H11ClN4O2S/c1-5(2)11-15(13,14)12-7-4-9-3-6(8)10-7/h3-5,11H,1-2H3,(H,10,12). The molecule has 0 saturated heterocycles. The lowest BCUT2D eigenvalue weighted by molar-refractivity contribution is 0.575. The second kappa shape index (κ2) is 4.73. The van der Waals surface area contributed by atoms with Crippen LogP contribution in [0.15, 0.2) is 12.4 Å². The molecule has 6 nitrogen and oxygen atoms in total. The number of rotatable bonds is 4. The van der Waals surface area contributed by atoms with Crippen LogP contribution in [0.3, 0.4) is 0 Å². The van der Waals surface area contributed by atoms with Crippen LogP contribution < -0.4 is 9.44 Å². The SMILES string of the molecule is CC(C)NS(=O)(=O)Nc1cncc(Cl)n1. The van der Waals surface area contributed by atoms with Crippen LogP contribution in [0, 0.1) is 0 Å². The first-order chi connectivity index (χ1) is 6.89. The highest BCUT2D eigenvalue weighted by Crippen LogP contribution is 2.07. The summed E-state index contributed by atoms with van der Waals surface area (Å²) in [5, 5.41) is 0.125. The molecule has 84 valence electrons. The molecule has 0 radical (unpaired) electrons. The summed E-state index contributed by atoms with van der Waals surface area (Å²) in [6.45, 7) is 3.42. The molecule has 1 aromatic rings. The third kappa shape index (κ3) is 4.41. The average molecular weight is 251 g/mol. The van der Waals surface area contributed by atoms with E-state index >= 15 is 0 Å². The fourth-order valence-electron chi connectivity index (χ4n) is 0.869. The molecular weight excluding hydrogens is 240 g/mol. The molecule has 0 aliphatic heterocycles. The van der Waals surface area contributed by atoms with Gasteiger partial charge in [0.15, 0.2) is 5.82 Å². The third-order valence-corrected chi connectivity index (χ3v) is 2.68. The van der Waals surface area contributed by atoms with Gasteiger partial charge in [0.2, 0.25) is 0 Å². The van der Waals surface area contributed by atoms with Crippen LogP contribution in [0.25, 0.3) is 0 Å². The Bertz CT molecular complexity index is 434. The van der Waals surface area contributed by atoms with Crippen molar-refractivity contribution >= 4 is 27.6 Å². The molecule has 1 aromatic heterocycles. The van der Waals surface area contributed by atoms with E-state index in [0.29, 0.717) is 0 Å². The molecule has 15 heavy (non-hydrogen) atoms. The van der Waals surface area contributed by atoms with Gasteiger partial charge in [-0.1, -0.05) is 11.6 Å². The Morgan fingerprint density at radius 3 is 2.60 bits per heavy atom. The van der Waals surface area contributed by atoms with E-state index in [1.165, 1.54) is 12.4 Å². The number of anilines is 1. The van der Waals surface area contributed by atoms with Crippen LogP contribution in [0.1, 0.15) is 13.8 Å². The van der Waals surface area contributed by atoms with Crippen LogP contribution in [0.2, 0.25) is 5.15 Å². The van der Waals surface area contributed by atoms with E-state index in [2.05, 4.69) is 19.4 Å². The summed E-state index contributed by atoms with van der Waals surface area (Å²) in [5.74, 6) is 0.0793. The van der Waals surface area contributed by atoms with E-state index in [9.17, 15) is 8.42 Å². The van der Waals surface area contributed by atoms with Gasteiger partial charge >= 0.3 is 10.2 Å². The monoisotopic (exact) mass is 250 g/mol. The summed E-state index contributed by atoms with van der Waals surface area (Å²) < 4.78 is 27.3. The maximum atomic E-state index is 11.4. The number of hydrogen-bond acceptors (Lipinski definition) is 4. The molecule has 0 spiro atoms. The second-order valence-corrected chi connectivity index (χ2v) is 4.94. The molecule has 0 amide bonds. The van der Waals surface area contributed by atoms with Gasteiger partial charge in [0.1, 0.15) is 5.15 Å². The Kier molecular flexibility index (Phi) is 3.83. The van der Waals surface area contributed by atoms with Crippen molar-refractivity contribution in [2.75, 3.05) is 4.72 Å². The molecule has 0 fully saturated rings. The fraction of sp³-hybridized carbons (Fsp3) is 0.429. The fourth-order valence-corrected chi connectivity index (χ4v) is 2.07. The summed E-state index contributed by atoms with van der Waals surface area (Å²) in [4.78, 5) is 7.44.